The molecule has 3 amide bonds. The summed E-state index contributed by atoms with van der Waals surface area (Å²) in [4.78, 5) is 35.2. The van der Waals surface area contributed by atoms with Crippen molar-refractivity contribution in [2.75, 3.05) is 13.1 Å². The topological polar surface area (TPSA) is 87.3 Å². The zero-order valence-corrected chi connectivity index (χ0v) is 15.1. The average molecular weight is 345 g/mol. The molecule has 1 aliphatic carbocycles. The van der Waals surface area contributed by atoms with Gasteiger partial charge in [-0.15, -0.1) is 0 Å². The molecule has 0 bridgehead atoms. The van der Waals surface area contributed by atoms with Crippen LogP contribution in [0.5, 0.6) is 0 Å². The molecule has 0 aliphatic heterocycles. The van der Waals surface area contributed by atoms with Crippen LogP contribution in [0.4, 0.5) is 0 Å². The van der Waals surface area contributed by atoms with Crippen molar-refractivity contribution in [3.8, 4) is 0 Å². The fourth-order valence-corrected chi connectivity index (χ4v) is 2.29. The van der Waals surface area contributed by atoms with Gasteiger partial charge in [-0.2, -0.15) is 0 Å². The van der Waals surface area contributed by atoms with Crippen molar-refractivity contribution in [2.24, 2.45) is 0 Å². The Morgan fingerprint density at radius 3 is 2.20 bits per heavy atom. The van der Waals surface area contributed by atoms with E-state index in [1.54, 1.807) is 12.1 Å². The zero-order chi connectivity index (χ0) is 18.4. The van der Waals surface area contributed by atoms with Crippen LogP contribution in [0.1, 0.15) is 56.0 Å². The number of hydrogen-bond acceptors (Lipinski definition) is 3. The predicted molar refractivity (Wildman–Crippen MR) is 96.3 cm³/mol. The van der Waals surface area contributed by atoms with Gasteiger partial charge in [-0.25, -0.2) is 0 Å². The van der Waals surface area contributed by atoms with Crippen molar-refractivity contribution in [2.45, 2.75) is 51.5 Å². The maximum absolute atomic E-state index is 12.1. The Hall–Kier alpha value is -2.37. The van der Waals surface area contributed by atoms with Gasteiger partial charge in [0.1, 0.15) is 0 Å². The minimum absolute atomic E-state index is 0.0163. The Balaban J connectivity index is 1.67. The molecule has 1 aromatic rings. The van der Waals surface area contributed by atoms with Gasteiger partial charge in [0, 0.05) is 24.6 Å². The third-order valence-corrected chi connectivity index (χ3v) is 4.04. The Morgan fingerprint density at radius 2 is 1.64 bits per heavy atom. The second kappa shape index (κ2) is 8.14. The van der Waals surface area contributed by atoms with Crippen LogP contribution in [0.15, 0.2) is 24.3 Å². The van der Waals surface area contributed by atoms with Gasteiger partial charge in [0.25, 0.3) is 5.91 Å². The van der Waals surface area contributed by atoms with E-state index in [-0.39, 0.29) is 48.7 Å². The van der Waals surface area contributed by atoms with E-state index in [1.807, 2.05) is 12.1 Å². The monoisotopic (exact) mass is 345 g/mol. The van der Waals surface area contributed by atoms with Crippen LogP contribution in [-0.2, 0) is 15.0 Å². The van der Waals surface area contributed by atoms with Gasteiger partial charge in [-0.3, -0.25) is 14.4 Å². The number of carbonyl (C=O) groups excluding carboxylic acids is 3. The molecule has 0 saturated heterocycles. The van der Waals surface area contributed by atoms with Gasteiger partial charge < -0.3 is 16.0 Å². The van der Waals surface area contributed by atoms with Crippen molar-refractivity contribution in [1.82, 2.24) is 16.0 Å². The summed E-state index contributed by atoms with van der Waals surface area (Å²) in [5.41, 5.74) is 1.77. The van der Waals surface area contributed by atoms with Crippen LogP contribution in [-0.4, -0.2) is 36.9 Å². The molecule has 6 heteroatoms. The predicted octanol–water partition coefficient (Wildman–Crippen LogP) is 1.50. The first-order chi connectivity index (χ1) is 11.8. The Labute approximate surface area is 148 Å². The van der Waals surface area contributed by atoms with Crippen LogP contribution in [0.3, 0.4) is 0 Å². The van der Waals surface area contributed by atoms with Gasteiger partial charge in [0.2, 0.25) is 11.8 Å². The second-order valence-electron chi connectivity index (χ2n) is 7.45. The van der Waals surface area contributed by atoms with Crippen molar-refractivity contribution < 1.29 is 14.4 Å². The highest BCUT2D eigenvalue weighted by molar-refractivity contribution is 5.94. The summed E-state index contributed by atoms with van der Waals surface area (Å²) in [5, 5.41) is 8.07. The molecule has 0 radical (unpaired) electrons. The molecule has 0 aromatic heterocycles. The summed E-state index contributed by atoms with van der Waals surface area (Å²) in [6.07, 6.45) is 2.17. The molecule has 3 N–H and O–H groups in total. The van der Waals surface area contributed by atoms with Crippen LogP contribution < -0.4 is 16.0 Å². The third-order valence-electron chi connectivity index (χ3n) is 4.04. The summed E-state index contributed by atoms with van der Waals surface area (Å²) >= 11 is 0. The van der Waals surface area contributed by atoms with Gasteiger partial charge in [0.05, 0.1) is 6.54 Å². The van der Waals surface area contributed by atoms with Crippen molar-refractivity contribution in [3.05, 3.63) is 35.4 Å². The Morgan fingerprint density at radius 1 is 1.00 bits per heavy atom. The first-order valence-electron chi connectivity index (χ1n) is 8.70. The van der Waals surface area contributed by atoms with Crippen LogP contribution >= 0.6 is 0 Å². The van der Waals surface area contributed by atoms with E-state index in [0.717, 1.165) is 18.4 Å². The van der Waals surface area contributed by atoms with Gasteiger partial charge in [-0.05, 0) is 36.0 Å². The van der Waals surface area contributed by atoms with Crippen molar-refractivity contribution >= 4 is 17.7 Å². The Bertz CT molecular complexity index is 628. The highest BCUT2D eigenvalue weighted by atomic mass is 16.2. The molecule has 0 atom stereocenters. The summed E-state index contributed by atoms with van der Waals surface area (Å²) < 4.78 is 0. The lowest BCUT2D eigenvalue weighted by molar-refractivity contribution is -0.126. The standard InChI is InChI=1S/C19H27N3O3/c1-19(2,3)14-6-4-13(5-7-14)18(25)20-11-10-16(23)21-12-17(24)22-15-8-9-15/h4-7,15H,8-12H2,1-3H3,(H,20,25)(H,21,23)(H,22,24). The van der Waals surface area contributed by atoms with Gasteiger partial charge in [-0.1, -0.05) is 32.9 Å². The number of hydrogen-bond donors (Lipinski definition) is 3. The summed E-state index contributed by atoms with van der Waals surface area (Å²) in [6.45, 7) is 6.57. The molecule has 2 rings (SSSR count). The smallest absolute Gasteiger partial charge is 0.251 e. The van der Waals surface area contributed by atoms with E-state index in [9.17, 15) is 14.4 Å². The van der Waals surface area contributed by atoms with Crippen LogP contribution in [0, 0.1) is 0 Å². The molecule has 1 aliphatic rings. The quantitative estimate of drug-likeness (QED) is 0.700. The SMILES string of the molecule is CC(C)(C)c1ccc(C(=O)NCCC(=O)NCC(=O)NC2CC2)cc1. The van der Waals surface area contributed by atoms with E-state index >= 15 is 0 Å². The first-order valence-corrected chi connectivity index (χ1v) is 8.70. The lowest BCUT2D eigenvalue weighted by Gasteiger charge is -2.19. The molecule has 6 nitrogen and oxygen atoms in total. The number of nitrogens with one attached hydrogen (secondary N) is 3. The molecular weight excluding hydrogens is 318 g/mol. The molecule has 1 saturated carbocycles. The van der Waals surface area contributed by atoms with E-state index in [4.69, 9.17) is 0 Å². The van der Waals surface area contributed by atoms with Crippen molar-refractivity contribution in [1.29, 1.82) is 0 Å². The van der Waals surface area contributed by atoms with E-state index < -0.39 is 0 Å². The third kappa shape index (κ3) is 6.57. The molecule has 1 aromatic carbocycles. The van der Waals surface area contributed by atoms with E-state index in [2.05, 4.69) is 36.7 Å². The van der Waals surface area contributed by atoms with Crippen LogP contribution in [0.25, 0.3) is 0 Å². The summed E-state index contributed by atoms with van der Waals surface area (Å²) in [5.74, 6) is -0.632. The van der Waals surface area contributed by atoms with E-state index in [0.29, 0.717) is 5.56 Å². The minimum Gasteiger partial charge on any atom is -0.352 e. The first kappa shape index (κ1) is 19.0. The van der Waals surface area contributed by atoms with E-state index in [1.165, 1.54) is 0 Å². The average Bonchev–Trinajstić information content (AvgIpc) is 3.36. The molecule has 0 spiro atoms. The largest absolute Gasteiger partial charge is 0.352 e. The van der Waals surface area contributed by atoms with Gasteiger partial charge >= 0.3 is 0 Å². The molecule has 136 valence electrons. The van der Waals surface area contributed by atoms with Gasteiger partial charge in [0.15, 0.2) is 0 Å². The zero-order valence-electron chi connectivity index (χ0n) is 15.1. The maximum atomic E-state index is 12.1. The lowest BCUT2D eigenvalue weighted by Crippen LogP contribution is -2.39. The molecule has 0 unspecified atom stereocenters. The number of rotatable bonds is 7. The summed E-state index contributed by atoms with van der Waals surface area (Å²) in [7, 11) is 0. The Kier molecular flexibility index (Phi) is 6.17. The second-order valence-corrected chi connectivity index (χ2v) is 7.45. The summed E-state index contributed by atoms with van der Waals surface area (Å²) in [6, 6.07) is 7.75. The number of benzene rings is 1. The number of amides is 3. The highest BCUT2D eigenvalue weighted by Crippen LogP contribution is 2.22. The molecule has 0 heterocycles. The molecule has 1 fully saturated rings. The number of carbonyl (C=O) groups is 3. The highest BCUT2D eigenvalue weighted by Gasteiger charge is 2.23. The van der Waals surface area contributed by atoms with Crippen LogP contribution in [0.2, 0.25) is 0 Å². The maximum Gasteiger partial charge on any atom is 0.251 e. The normalized spacial score (nSPS) is 13.9. The fourth-order valence-electron chi connectivity index (χ4n) is 2.29. The lowest BCUT2D eigenvalue weighted by atomic mass is 9.87. The minimum atomic E-state index is -0.255. The molecular formula is C19H27N3O3. The molecule has 25 heavy (non-hydrogen) atoms. The fraction of sp³-hybridized carbons (Fsp3) is 0.526. The van der Waals surface area contributed by atoms with Crippen molar-refractivity contribution in [3.63, 3.8) is 0 Å².